The number of ether oxygens (including phenoxy) is 1. The molecule has 2 aromatic rings. The summed E-state index contributed by atoms with van der Waals surface area (Å²) in [6.45, 7) is 4.75. The Kier molecular flexibility index (Phi) is 4.28. The van der Waals surface area contributed by atoms with Crippen LogP contribution >= 0.6 is 0 Å². The van der Waals surface area contributed by atoms with Crippen molar-refractivity contribution in [2.45, 2.75) is 70.3 Å². The fourth-order valence-corrected chi connectivity index (χ4v) is 6.62. The Morgan fingerprint density at radius 1 is 1.00 bits per heavy atom. The molecule has 28 heavy (non-hydrogen) atoms. The van der Waals surface area contributed by atoms with Gasteiger partial charge in [0.25, 0.3) is 0 Å². The van der Waals surface area contributed by atoms with Crippen molar-refractivity contribution in [3.8, 4) is 0 Å². The third-order valence-corrected chi connectivity index (χ3v) is 8.04. The lowest BCUT2D eigenvalue weighted by atomic mass is 9.55. The van der Waals surface area contributed by atoms with E-state index < -0.39 is 0 Å². The smallest absolute Gasteiger partial charge is 0.0617 e. The Balaban J connectivity index is 1.62. The molecule has 3 aliphatic rings. The van der Waals surface area contributed by atoms with Gasteiger partial charge in [-0.2, -0.15) is 0 Å². The van der Waals surface area contributed by atoms with Gasteiger partial charge < -0.3 is 4.74 Å². The summed E-state index contributed by atoms with van der Waals surface area (Å²) in [7, 11) is 1.90. The molecule has 1 nitrogen and oxygen atoms in total. The molecular formula is C27H32O. The zero-order valence-corrected chi connectivity index (χ0v) is 17.6. The van der Waals surface area contributed by atoms with Crippen molar-refractivity contribution in [1.82, 2.24) is 0 Å². The van der Waals surface area contributed by atoms with Crippen LogP contribution in [0, 0.1) is 12.3 Å². The second-order valence-electron chi connectivity index (χ2n) is 9.66. The van der Waals surface area contributed by atoms with E-state index in [1.54, 1.807) is 22.3 Å². The van der Waals surface area contributed by atoms with Gasteiger partial charge in [0.1, 0.15) is 0 Å². The minimum absolute atomic E-state index is 0.222. The van der Waals surface area contributed by atoms with Crippen molar-refractivity contribution < 1.29 is 4.74 Å². The van der Waals surface area contributed by atoms with Crippen LogP contribution in [0.25, 0.3) is 0 Å². The standard InChI is InChI=1S/C27H32O/c1-19-9-11-23-21(15-19)10-12-24-25-16-22(28-3)18-27(25,14-13-26(23,24)2)17-20-7-5-4-6-8-20/h4-9,11,15,22H,10,12-14,16-18H2,1-3H3/t22-,26-,27+/m0/s1. The largest absolute Gasteiger partial charge is 0.381 e. The molecule has 0 N–H and O–H groups in total. The molecule has 0 spiro atoms. The normalized spacial score (nSPS) is 31.3. The van der Waals surface area contributed by atoms with E-state index in [-0.39, 0.29) is 5.41 Å². The fraction of sp³-hybridized carbons (Fsp3) is 0.481. The van der Waals surface area contributed by atoms with E-state index in [4.69, 9.17) is 4.74 Å². The average Bonchev–Trinajstić information content (AvgIpc) is 3.07. The molecule has 0 bridgehead atoms. The number of allylic oxidation sites excluding steroid dienone is 1. The van der Waals surface area contributed by atoms with Gasteiger partial charge in [-0.3, -0.25) is 0 Å². The number of benzene rings is 2. The Morgan fingerprint density at radius 3 is 2.61 bits per heavy atom. The SMILES string of the molecule is CO[C@H]1CC2=C3CCc4cc(C)ccc4[C@]3(C)CC[C@@]2(Cc2ccccc2)C1. The van der Waals surface area contributed by atoms with Gasteiger partial charge in [0, 0.05) is 12.5 Å². The molecule has 0 saturated heterocycles. The van der Waals surface area contributed by atoms with Crippen LogP contribution in [-0.2, 0) is 23.0 Å². The minimum Gasteiger partial charge on any atom is -0.381 e. The predicted octanol–water partition coefficient (Wildman–Crippen LogP) is 6.33. The van der Waals surface area contributed by atoms with Crippen molar-refractivity contribution in [2.75, 3.05) is 7.11 Å². The van der Waals surface area contributed by atoms with Crippen molar-refractivity contribution in [3.63, 3.8) is 0 Å². The topological polar surface area (TPSA) is 9.23 Å². The van der Waals surface area contributed by atoms with E-state index in [1.807, 2.05) is 7.11 Å². The molecule has 0 amide bonds. The third kappa shape index (κ3) is 2.70. The molecule has 146 valence electrons. The van der Waals surface area contributed by atoms with E-state index >= 15 is 0 Å². The van der Waals surface area contributed by atoms with Crippen molar-refractivity contribution in [2.24, 2.45) is 5.41 Å². The summed E-state index contributed by atoms with van der Waals surface area (Å²) in [6.07, 6.45) is 8.86. The second-order valence-corrected chi connectivity index (χ2v) is 9.66. The predicted molar refractivity (Wildman–Crippen MR) is 116 cm³/mol. The number of aryl methyl sites for hydroxylation is 2. The molecule has 0 aliphatic heterocycles. The fourth-order valence-electron chi connectivity index (χ4n) is 6.62. The van der Waals surface area contributed by atoms with Gasteiger partial charge in [0.05, 0.1) is 6.10 Å². The molecule has 2 aromatic carbocycles. The van der Waals surface area contributed by atoms with Gasteiger partial charge in [-0.05, 0) is 74.0 Å². The van der Waals surface area contributed by atoms with Gasteiger partial charge >= 0.3 is 0 Å². The average molecular weight is 373 g/mol. The third-order valence-electron chi connectivity index (χ3n) is 8.04. The lowest BCUT2D eigenvalue weighted by Gasteiger charge is -2.49. The molecule has 0 unspecified atom stereocenters. The molecule has 1 fully saturated rings. The van der Waals surface area contributed by atoms with Crippen molar-refractivity contribution >= 4 is 0 Å². The lowest BCUT2D eigenvalue weighted by Crippen LogP contribution is -2.40. The van der Waals surface area contributed by atoms with Crippen LogP contribution < -0.4 is 0 Å². The maximum atomic E-state index is 5.93. The monoisotopic (exact) mass is 372 g/mol. The molecule has 0 aromatic heterocycles. The zero-order valence-electron chi connectivity index (χ0n) is 17.6. The highest BCUT2D eigenvalue weighted by Crippen LogP contribution is 2.61. The summed E-state index contributed by atoms with van der Waals surface area (Å²) in [5.74, 6) is 0. The molecule has 3 atom stereocenters. The summed E-state index contributed by atoms with van der Waals surface area (Å²) in [5.41, 5.74) is 10.1. The first-order valence-corrected chi connectivity index (χ1v) is 10.9. The lowest BCUT2D eigenvalue weighted by molar-refractivity contribution is 0.0913. The van der Waals surface area contributed by atoms with Gasteiger partial charge in [-0.1, -0.05) is 72.2 Å². The van der Waals surface area contributed by atoms with Crippen LogP contribution in [0.5, 0.6) is 0 Å². The van der Waals surface area contributed by atoms with Crippen LogP contribution in [0.3, 0.4) is 0 Å². The Morgan fingerprint density at radius 2 is 1.82 bits per heavy atom. The first kappa shape index (κ1) is 18.2. The number of fused-ring (bicyclic) bond motifs is 4. The highest BCUT2D eigenvalue weighted by Gasteiger charge is 2.52. The van der Waals surface area contributed by atoms with E-state index in [2.05, 4.69) is 62.4 Å². The van der Waals surface area contributed by atoms with Crippen LogP contribution in [0.1, 0.15) is 61.3 Å². The maximum absolute atomic E-state index is 5.93. The van der Waals surface area contributed by atoms with Gasteiger partial charge in [-0.25, -0.2) is 0 Å². The van der Waals surface area contributed by atoms with Crippen molar-refractivity contribution in [1.29, 1.82) is 0 Å². The molecule has 1 heteroatoms. The van der Waals surface area contributed by atoms with Crippen LogP contribution in [0.2, 0.25) is 0 Å². The Bertz CT molecular complexity index is 925. The highest BCUT2D eigenvalue weighted by molar-refractivity contribution is 5.51. The van der Waals surface area contributed by atoms with Crippen molar-refractivity contribution in [3.05, 3.63) is 81.9 Å². The molecular weight excluding hydrogens is 340 g/mol. The maximum Gasteiger partial charge on any atom is 0.0617 e. The Hall–Kier alpha value is -1.86. The molecule has 3 aliphatic carbocycles. The number of methoxy groups -OCH3 is 1. The molecule has 0 radical (unpaired) electrons. The molecule has 1 saturated carbocycles. The highest BCUT2D eigenvalue weighted by atomic mass is 16.5. The zero-order chi connectivity index (χ0) is 19.4. The van der Waals surface area contributed by atoms with E-state index in [9.17, 15) is 0 Å². The van der Waals surface area contributed by atoms with Crippen LogP contribution in [-0.4, -0.2) is 13.2 Å². The summed E-state index contributed by atoms with van der Waals surface area (Å²) < 4.78 is 5.93. The summed E-state index contributed by atoms with van der Waals surface area (Å²) in [6, 6.07) is 18.3. The van der Waals surface area contributed by atoms with Crippen LogP contribution in [0.15, 0.2) is 59.7 Å². The molecule has 5 rings (SSSR count). The van der Waals surface area contributed by atoms with E-state index in [1.165, 1.54) is 49.7 Å². The van der Waals surface area contributed by atoms with E-state index in [0.29, 0.717) is 11.5 Å². The summed E-state index contributed by atoms with van der Waals surface area (Å²) in [4.78, 5) is 0. The number of hydrogen-bond donors (Lipinski definition) is 0. The van der Waals surface area contributed by atoms with Gasteiger partial charge in [0.15, 0.2) is 0 Å². The van der Waals surface area contributed by atoms with Gasteiger partial charge in [-0.15, -0.1) is 0 Å². The summed E-state index contributed by atoms with van der Waals surface area (Å²) in [5, 5.41) is 0. The van der Waals surface area contributed by atoms with E-state index in [0.717, 1.165) is 6.42 Å². The second kappa shape index (κ2) is 6.59. The quantitative estimate of drug-likeness (QED) is 0.572. The first-order valence-electron chi connectivity index (χ1n) is 10.9. The van der Waals surface area contributed by atoms with Gasteiger partial charge in [0.2, 0.25) is 0 Å². The first-order chi connectivity index (χ1) is 13.5. The Labute approximate surface area is 169 Å². The van der Waals surface area contributed by atoms with Crippen LogP contribution in [0.4, 0.5) is 0 Å². The summed E-state index contributed by atoms with van der Waals surface area (Å²) >= 11 is 0. The molecule has 0 heterocycles. The number of hydrogen-bond acceptors (Lipinski definition) is 1. The number of rotatable bonds is 3. The minimum atomic E-state index is 0.222.